The van der Waals surface area contributed by atoms with E-state index in [1.165, 1.54) is 7.11 Å². The topological polar surface area (TPSA) is 142 Å². The van der Waals surface area contributed by atoms with E-state index in [9.17, 15) is 19.2 Å². The number of methoxy groups -OCH3 is 1. The minimum Gasteiger partial charge on any atom is -0.467 e. The maximum absolute atomic E-state index is 13.4. The Bertz CT molecular complexity index is 1190. The maximum Gasteiger partial charge on any atom is 0.436 e. The molecule has 1 rings (SSSR count). The van der Waals surface area contributed by atoms with Crippen LogP contribution in [0.4, 0.5) is 14.4 Å². The highest BCUT2D eigenvalue weighted by atomic mass is 28.3. The number of ether oxygens (including phenoxy) is 5. The monoisotopic (exact) mass is 651 g/mol. The fourth-order valence-corrected chi connectivity index (χ4v) is 4.27. The summed E-state index contributed by atoms with van der Waals surface area (Å²) in [4.78, 5) is 56.5. The Morgan fingerprint density at radius 2 is 1.38 bits per heavy atom. The first-order valence-corrected chi connectivity index (χ1v) is 18.7. The van der Waals surface area contributed by atoms with E-state index in [1.54, 1.807) is 86.6 Å². The normalized spacial score (nSPS) is 13.4. The third-order valence-corrected chi connectivity index (χ3v) is 7.21. The summed E-state index contributed by atoms with van der Waals surface area (Å²) in [6, 6.07) is 6.49. The van der Waals surface area contributed by atoms with E-state index in [4.69, 9.17) is 23.7 Å². The van der Waals surface area contributed by atoms with Crippen molar-refractivity contribution in [1.29, 1.82) is 0 Å². The highest BCUT2D eigenvalue weighted by molar-refractivity contribution is 6.76. The molecule has 254 valence electrons. The van der Waals surface area contributed by atoms with Crippen molar-refractivity contribution in [3.8, 4) is 0 Å². The highest BCUT2D eigenvalue weighted by Gasteiger charge is 2.30. The van der Waals surface area contributed by atoms with E-state index >= 15 is 0 Å². The Morgan fingerprint density at radius 3 is 1.84 bits per heavy atom. The molecule has 3 amide bonds. The molecule has 1 N–H and O–H groups in total. The Balaban J connectivity index is 3.49. The van der Waals surface area contributed by atoms with Crippen molar-refractivity contribution in [2.75, 3.05) is 20.4 Å². The zero-order valence-electron chi connectivity index (χ0n) is 29.3. The van der Waals surface area contributed by atoms with Crippen LogP contribution in [0, 0.1) is 0 Å². The van der Waals surface area contributed by atoms with Crippen LogP contribution < -0.4 is 5.32 Å². The van der Waals surface area contributed by atoms with Crippen molar-refractivity contribution < 1.29 is 42.9 Å². The molecule has 1 atom stereocenters. The number of rotatable bonds is 10. The lowest BCUT2D eigenvalue weighted by molar-refractivity contribution is -0.143. The molecule has 0 aliphatic carbocycles. The Kier molecular flexibility index (Phi) is 14.3. The molecule has 0 unspecified atom stereocenters. The van der Waals surface area contributed by atoms with Crippen molar-refractivity contribution in [2.24, 2.45) is 4.99 Å². The zero-order valence-corrected chi connectivity index (χ0v) is 30.3. The highest BCUT2D eigenvalue weighted by Crippen LogP contribution is 2.18. The van der Waals surface area contributed by atoms with Crippen LogP contribution in [-0.4, -0.2) is 86.4 Å². The number of alkyl carbamates (subject to hydrolysis) is 1. The van der Waals surface area contributed by atoms with Crippen LogP contribution in [0.2, 0.25) is 25.7 Å². The number of hydrogen-bond donors (Lipinski definition) is 1. The molecule has 1 aromatic carbocycles. The van der Waals surface area contributed by atoms with Crippen LogP contribution in [0.5, 0.6) is 0 Å². The quantitative estimate of drug-likeness (QED) is 0.0568. The van der Waals surface area contributed by atoms with E-state index in [2.05, 4.69) is 30.0 Å². The molecule has 13 heteroatoms. The number of aliphatic imine (C=N–C) groups is 1. The SMILES string of the molecule is COC(=O)[C@H](Cc1ccc(/C(=N\C(=O)OC(C)(C)C)N(COCC[Si](C)(C)C)C(=O)OC(C)(C)C)cc1)NC(=O)OC(C)(C)C. The summed E-state index contributed by atoms with van der Waals surface area (Å²) in [7, 11) is -0.195. The van der Waals surface area contributed by atoms with Crippen LogP contribution >= 0.6 is 0 Å². The lowest BCUT2D eigenvalue weighted by Gasteiger charge is -2.28. The van der Waals surface area contributed by atoms with Gasteiger partial charge in [0.05, 0.1) is 7.11 Å². The minimum absolute atomic E-state index is 0.0329. The van der Waals surface area contributed by atoms with E-state index in [0.717, 1.165) is 10.9 Å². The molecule has 0 fully saturated rings. The largest absolute Gasteiger partial charge is 0.467 e. The molecule has 0 bridgehead atoms. The van der Waals surface area contributed by atoms with Gasteiger partial charge in [0.1, 0.15) is 29.6 Å². The van der Waals surface area contributed by atoms with Gasteiger partial charge in [-0.25, -0.2) is 24.1 Å². The van der Waals surface area contributed by atoms with E-state index in [1.807, 2.05) is 0 Å². The average molecular weight is 652 g/mol. The maximum atomic E-state index is 13.4. The van der Waals surface area contributed by atoms with Crippen LogP contribution in [0.15, 0.2) is 29.3 Å². The van der Waals surface area contributed by atoms with Gasteiger partial charge in [0, 0.05) is 26.7 Å². The second-order valence-electron chi connectivity index (χ2n) is 14.8. The van der Waals surface area contributed by atoms with Crippen molar-refractivity contribution in [2.45, 2.75) is 117 Å². The van der Waals surface area contributed by atoms with Gasteiger partial charge in [-0.3, -0.25) is 0 Å². The lowest BCUT2D eigenvalue weighted by Crippen LogP contribution is -2.45. The molecule has 0 aromatic heterocycles. The van der Waals surface area contributed by atoms with Crippen LogP contribution in [-0.2, 0) is 34.9 Å². The second-order valence-corrected chi connectivity index (χ2v) is 20.4. The fraction of sp³-hybridized carbons (Fsp3) is 0.656. The third-order valence-electron chi connectivity index (χ3n) is 5.51. The van der Waals surface area contributed by atoms with Gasteiger partial charge in [-0.05, 0) is 73.9 Å². The molecular weight excluding hydrogens is 598 g/mol. The molecular formula is C32H53N3O9Si. The lowest BCUT2D eigenvalue weighted by atomic mass is 10.0. The summed E-state index contributed by atoms with van der Waals surface area (Å²) < 4.78 is 27.1. The van der Waals surface area contributed by atoms with Crippen LogP contribution in [0.1, 0.15) is 73.4 Å². The molecule has 12 nitrogen and oxygen atoms in total. The van der Waals surface area contributed by atoms with Gasteiger partial charge in [-0.15, -0.1) is 0 Å². The van der Waals surface area contributed by atoms with Gasteiger partial charge in [0.2, 0.25) is 0 Å². The number of amides is 3. The van der Waals surface area contributed by atoms with E-state index < -0.39 is 55.2 Å². The number of esters is 1. The predicted octanol–water partition coefficient (Wildman–Crippen LogP) is 6.53. The minimum atomic E-state index is -1.42. The summed E-state index contributed by atoms with van der Waals surface area (Å²) in [6.45, 7) is 22.3. The first kappa shape index (κ1) is 39.6. The Labute approximate surface area is 269 Å². The first-order valence-electron chi connectivity index (χ1n) is 15.0. The molecule has 0 radical (unpaired) electrons. The number of carbonyl (C=O) groups is 4. The summed E-state index contributed by atoms with van der Waals surface area (Å²) >= 11 is 0. The average Bonchev–Trinajstić information content (AvgIpc) is 2.83. The molecule has 0 saturated carbocycles. The van der Waals surface area contributed by atoms with Crippen molar-refractivity contribution in [3.63, 3.8) is 0 Å². The predicted molar refractivity (Wildman–Crippen MR) is 175 cm³/mol. The fourth-order valence-electron chi connectivity index (χ4n) is 3.51. The van der Waals surface area contributed by atoms with Gasteiger partial charge in [0.15, 0.2) is 5.84 Å². The van der Waals surface area contributed by atoms with Gasteiger partial charge < -0.3 is 29.0 Å². The molecule has 0 heterocycles. The number of carbonyl (C=O) groups excluding carboxylic acids is 4. The Morgan fingerprint density at radius 1 is 0.844 bits per heavy atom. The number of nitrogens with zero attached hydrogens (tertiary/aromatic N) is 2. The standard InChI is InChI=1S/C32H53N3O9Si/c1-30(2,3)42-27(37)33-24(26(36)40-10)20-22-14-16-23(17-15-22)25(34-28(38)43-31(4,5)6)35(29(39)44-32(7,8)9)21-41-18-19-45(11,12)13/h14-17,24H,18-21H2,1-13H3,(H,33,37)/b34-25+/t24-/m0/s1. The van der Waals surface area contributed by atoms with Crippen LogP contribution in [0.25, 0.3) is 0 Å². The summed E-state index contributed by atoms with van der Waals surface area (Å²) in [5.41, 5.74) is -1.38. The molecule has 45 heavy (non-hydrogen) atoms. The summed E-state index contributed by atoms with van der Waals surface area (Å²) in [5, 5.41) is 2.55. The third kappa shape index (κ3) is 17.0. The first-order chi connectivity index (χ1) is 20.4. The van der Waals surface area contributed by atoms with Gasteiger partial charge in [0.25, 0.3) is 0 Å². The molecule has 0 saturated heterocycles. The molecule has 1 aromatic rings. The zero-order chi connectivity index (χ0) is 34.8. The Hall–Kier alpha value is -3.45. The second kappa shape index (κ2) is 16.2. The van der Waals surface area contributed by atoms with Crippen molar-refractivity contribution >= 4 is 38.2 Å². The van der Waals surface area contributed by atoms with Gasteiger partial charge >= 0.3 is 24.2 Å². The number of amidine groups is 1. The number of nitrogens with one attached hydrogen (secondary N) is 1. The van der Waals surface area contributed by atoms with Crippen molar-refractivity contribution in [1.82, 2.24) is 10.2 Å². The van der Waals surface area contributed by atoms with Crippen molar-refractivity contribution in [3.05, 3.63) is 35.4 Å². The van der Waals surface area contributed by atoms with Crippen LogP contribution in [0.3, 0.4) is 0 Å². The molecule has 0 aliphatic rings. The van der Waals surface area contributed by atoms with E-state index in [-0.39, 0.29) is 19.0 Å². The summed E-state index contributed by atoms with van der Waals surface area (Å²) in [6.07, 6.45) is -2.33. The molecule has 0 aliphatic heterocycles. The van der Waals surface area contributed by atoms with Gasteiger partial charge in [-0.2, -0.15) is 4.99 Å². The van der Waals surface area contributed by atoms with Gasteiger partial charge in [-0.1, -0.05) is 43.9 Å². The molecule has 0 spiro atoms. The van der Waals surface area contributed by atoms with E-state index in [0.29, 0.717) is 17.7 Å². The number of benzene rings is 1. The summed E-state index contributed by atoms with van der Waals surface area (Å²) in [5.74, 6) is -0.682. The smallest absolute Gasteiger partial charge is 0.436 e. The number of hydrogen-bond acceptors (Lipinski definition) is 9.